The number of rotatable bonds is 9. The molecule has 0 heterocycles. The molecule has 1 aromatic rings. The van der Waals surface area contributed by atoms with Crippen LogP contribution in [0.2, 0.25) is 0 Å². The first-order chi connectivity index (χ1) is 8.76. The van der Waals surface area contributed by atoms with Gasteiger partial charge < -0.3 is 5.32 Å². The zero-order chi connectivity index (χ0) is 13.2. The standard InChI is InChI=1S/C16H26BrN/c1-3-5-6-7-15(13-18-4-2)12-14-8-10-16(17)11-9-14/h8-11,15,18H,3-7,12-13H2,1-2H3. The number of nitrogens with one attached hydrogen (secondary N) is 1. The van der Waals surface area contributed by atoms with Crippen LogP contribution >= 0.6 is 15.9 Å². The van der Waals surface area contributed by atoms with Gasteiger partial charge in [-0.1, -0.05) is 61.2 Å². The molecule has 1 nitrogen and oxygen atoms in total. The molecule has 1 N–H and O–H groups in total. The lowest BCUT2D eigenvalue weighted by molar-refractivity contribution is 0.428. The molecule has 0 bridgehead atoms. The Bertz CT molecular complexity index is 307. The normalized spacial score (nSPS) is 12.6. The summed E-state index contributed by atoms with van der Waals surface area (Å²) in [4.78, 5) is 0. The molecular formula is C16H26BrN. The maximum Gasteiger partial charge on any atom is 0.0175 e. The first-order valence-corrected chi connectivity index (χ1v) is 8.00. The van der Waals surface area contributed by atoms with Crippen LogP contribution < -0.4 is 5.32 Å². The molecule has 1 rings (SSSR count). The van der Waals surface area contributed by atoms with Crippen LogP contribution in [-0.4, -0.2) is 13.1 Å². The van der Waals surface area contributed by atoms with Gasteiger partial charge in [-0.25, -0.2) is 0 Å². The summed E-state index contributed by atoms with van der Waals surface area (Å²) >= 11 is 3.49. The highest BCUT2D eigenvalue weighted by Gasteiger charge is 2.09. The lowest BCUT2D eigenvalue weighted by Crippen LogP contribution is -2.24. The second-order valence-corrected chi connectivity index (χ2v) is 5.92. The van der Waals surface area contributed by atoms with E-state index in [2.05, 4.69) is 59.4 Å². The van der Waals surface area contributed by atoms with Crippen molar-refractivity contribution in [2.45, 2.75) is 46.0 Å². The molecule has 1 atom stereocenters. The number of hydrogen-bond donors (Lipinski definition) is 1. The van der Waals surface area contributed by atoms with Crippen molar-refractivity contribution in [1.29, 1.82) is 0 Å². The molecule has 0 aliphatic rings. The predicted molar refractivity (Wildman–Crippen MR) is 84.0 cm³/mol. The summed E-state index contributed by atoms with van der Waals surface area (Å²) in [5.41, 5.74) is 1.46. The summed E-state index contributed by atoms with van der Waals surface area (Å²) in [5.74, 6) is 0.776. The Morgan fingerprint density at radius 3 is 2.44 bits per heavy atom. The van der Waals surface area contributed by atoms with Gasteiger partial charge >= 0.3 is 0 Å². The van der Waals surface area contributed by atoms with Crippen molar-refractivity contribution in [2.75, 3.05) is 13.1 Å². The smallest absolute Gasteiger partial charge is 0.0175 e. The molecule has 0 spiro atoms. The third-order valence-electron chi connectivity index (χ3n) is 3.34. The topological polar surface area (TPSA) is 12.0 Å². The summed E-state index contributed by atoms with van der Waals surface area (Å²) in [6.45, 7) is 6.68. The number of unbranched alkanes of at least 4 members (excludes halogenated alkanes) is 2. The van der Waals surface area contributed by atoms with Gasteiger partial charge in [0.25, 0.3) is 0 Å². The molecule has 0 fully saturated rings. The van der Waals surface area contributed by atoms with Gasteiger partial charge in [0.05, 0.1) is 0 Å². The van der Waals surface area contributed by atoms with Crippen molar-refractivity contribution >= 4 is 15.9 Å². The minimum atomic E-state index is 0.776. The van der Waals surface area contributed by atoms with Crippen molar-refractivity contribution in [3.8, 4) is 0 Å². The van der Waals surface area contributed by atoms with Gasteiger partial charge in [-0.2, -0.15) is 0 Å². The number of halogens is 1. The van der Waals surface area contributed by atoms with Crippen molar-refractivity contribution in [2.24, 2.45) is 5.92 Å². The molecule has 0 radical (unpaired) electrons. The van der Waals surface area contributed by atoms with E-state index in [9.17, 15) is 0 Å². The van der Waals surface area contributed by atoms with Crippen LogP contribution in [0.15, 0.2) is 28.7 Å². The molecule has 2 heteroatoms. The van der Waals surface area contributed by atoms with E-state index in [-0.39, 0.29) is 0 Å². The summed E-state index contributed by atoms with van der Waals surface area (Å²) < 4.78 is 1.17. The fourth-order valence-electron chi connectivity index (χ4n) is 2.26. The molecule has 0 aromatic heterocycles. The Morgan fingerprint density at radius 1 is 1.11 bits per heavy atom. The minimum absolute atomic E-state index is 0.776. The van der Waals surface area contributed by atoms with E-state index >= 15 is 0 Å². The first kappa shape index (κ1) is 15.7. The molecule has 0 saturated carbocycles. The fourth-order valence-corrected chi connectivity index (χ4v) is 2.53. The third kappa shape index (κ3) is 6.55. The van der Waals surface area contributed by atoms with E-state index in [1.807, 2.05) is 0 Å². The number of hydrogen-bond acceptors (Lipinski definition) is 1. The van der Waals surface area contributed by atoms with Gasteiger partial charge in [-0.3, -0.25) is 0 Å². The van der Waals surface area contributed by atoms with Crippen LogP contribution in [-0.2, 0) is 6.42 Å². The molecular weight excluding hydrogens is 286 g/mol. The van der Waals surface area contributed by atoms with Crippen molar-refractivity contribution in [1.82, 2.24) is 5.32 Å². The maximum atomic E-state index is 3.50. The zero-order valence-corrected chi connectivity index (χ0v) is 13.3. The van der Waals surface area contributed by atoms with Crippen molar-refractivity contribution in [3.63, 3.8) is 0 Å². The van der Waals surface area contributed by atoms with Crippen LogP contribution in [0, 0.1) is 5.92 Å². The van der Waals surface area contributed by atoms with E-state index < -0.39 is 0 Å². The van der Waals surface area contributed by atoms with Crippen LogP contribution in [0.4, 0.5) is 0 Å². The maximum absolute atomic E-state index is 3.50. The summed E-state index contributed by atoms with van der Waals surface area (Å²) in [6.07, 6.45) is 6.58. The molecule has 0 saturated heterocycles. The van der Waals surface area contributed by atoms with E-state index in [1.54, 1.807) is 0 Å². The highest BCUT2D eigenvalue weighted by Crippen LogP contribution is 2.17. The first-order valence-electron chi connectivity index (χ1n) is 7.21. The fraction of sp³-hybridized carbons (Fsp3) is 0.625. The lowest BCUT2D eigenvalue weighted by Gasteiger charge is -2.17. The van der Waals surface area contributed by atoms with Gasteiger partial charge in [0.15, 0.2) is 0 Å². The van der Waals surface area contributed by atoms with Gasteiger partial charge in [0.1, 0.15) is 0 Å². The summed E-state index contributed by atoms with van der Waals surface area (Å²) in [5, 5.41) is 3.50. The Balaban J connectivity index is 2.45. The van der Waals surface area contributed by atoms with Gasteiger partial charge in [0.2, 0.25) is 0 Å². The van der Waals surface area contributed by atoms with Crippen LogP contribution in [0.3, 0.4) is 0 Å². The van der Waals surface area contributed by atoms with E-state index in [1.165, 1.54) is 42.1 Å². The molecule has 0 aliphatic carbocycles. The second-order valence-electron chi connectivity index (χ2n) is 5.00. The highest BCUT2D eigenvalue weighted by atomic mass is 79.9. The van der Waals surface area contributed by atoms with Crippen LogP contribution in [0.5, 0.6) is 0 Å². The monoisotopic (exact) mass is 311 g/mol. The third-order valence-corrected chi connectivity index (χ3v) is 3.87. The predicted octanol–water partition coefficient (Wildman–Crippen LogP) is 4.80. The van der Waals surface area contributed by atoms with Gasteiger partial charge in [-0.05, 0) is 49.5 Å². The molecule has 1 aromatic carbocycles. The molecule has 102 valence electrons. The average Bonchev–Trinajstić information content (AvgIpc) is 2.38. The summed E-state index contributed by atoms with van der Waals surface area (Å²) in [6, 6.07) is 8.77. The summed E-state index contributed by atoms with van der Waals surface area (Å²) in [7, 11) is 0. The van der Waals surface area contributed by atoms with Gasteiger partial charge in [0, 0.05) is 4.47 Å². The SMILES string of the molecule is CCCCCC(CNCC)Cc1ccc(Br)cc1. The minimum Gasteiger partial charge on any atom is -0.317 e. The average molecular weight is 312 g/mol. The van der Waals surface area contributed by atoms with E-state index in [0.29, 0.717) is 0 Å². The van der Waals surface area contributed by atoms with Crippen molar-refractivity contribution in [3.05, 3.63) is 34.3 Å². The number of benzene rings is 1. The quantitative estimate of drug-likeness (QED) is 0.646. The van der Waals surface area contributed by atoms with E-state index in [4.69, 9.17) is 0 Å². The van der Waals surface area contributed by atoms with Crippen LogP contribution in [0.1, 0.15) is 45.1 Å². The van der Waals surface area contributed by atoms with Crippen molar-refractivity contribution < 1.29 is 0 Å². The molecule has 1 unspecified atom stereocenters. The van der Waals surface area contributed by atoms with Gasteiger partial charge in [-0.15, -0.1) is 0 Å². The van der Waals surface area contributed by atoms with Crippen LogP contribution in [0.25, 0.3) is 0 Å². The molecule has 0 aliphatic heterocycles. The Hall–Kier alpha value is -0.340. The Morgan fingerprint density at radius 2 is 1.83 bits per heavy atom. The molecule has 18 heavy (non-hydrogen) atoms. The highest BCUT2D eigenvalue weighted by molar-refractivity contribution is 9.10. The zero-order valence-electron chi connectivity index (χ0n) is 11.7. The second kappa shape index (κ2) is 9.57. The Kier molecular flexibility index (Phi) is 8.36. The van der Waals surface area contributed by atoms with E-state index in [0.717, 1.165) is 19.0 Å². The Labute approximate surface area is 120 Å². The lowest BCUT2D eigenvalue weighted by atomic mass is 9.93. The largest absolute Gasteiger partial charge is 0.317 e. The molecule has 0 amide bonds.